The molecule has 12 heteroatoms. The SMILES string of the molecule is CC(C)(C)OC(=O)N1CC(Nc2nc(-c3cc(-c4ccon4)n(Cc4ccccc4F)n3)ncc2F)C1. The Kier molecular flexibility index (Phi) is 6.32. The third-order valence-electron chi connectivity index (χ3n) is 5.61. The molecule has 5 rings (SSSR count). The van der Waals surface area contributed by atoms with Gasteiger partial charge in [-0.05, 0) is 32.9 Å². The van der Waals surface area contributed by atoms with Gasteiger partial charge in [0.15, 0.2) is 17.5 Å². The number of carbonyl (C=O) groups is 1. The van der Waals surface area contributed by atoms with Crippen molar-refractivity contribution in [2.24, 2.45) is 0 Å². The highest BCUT2D eigenvalue weighted by molar-refractivity contribution is 5.70. The number of ether oxygens (including phenoxy) is 1. The number of nitrogens with zero attached hydrogens (tertiary/aromatic N) is 6. The van der Waals surface area contributed by atoms with Crippen LogP contribution >= 0.6 is 0 Å². The van der Waals surface area contributed by atoms with E-state index in [-0.39, 0.29) is 30.0 Å². The lowest BCUT2D eigenvalue weighted by Gasteiger charge is -2.40. The summed E-state index contributed by atoms with van der Waals surface area (Å²) in [5.74, 6) is -0.840. The van der Waals surface area contributed by atoms with Crippen LogP contribution in [0.4, 0.5) is 19.4 Å². The fraction of sp³-hybridized carbons (Fsp3) is 0.320. The Morgan fingerprint density at radius 2 is 1.95 bits per heavy atom. The fourth-order valence-corrected chi connectivity index (χ4v) is 3.82. The molecule has 0 saturated carbocycles. The van der Waals surface area contributed by atoms with Crippen LogP contribution in [0.15, 0.2) is 53.4 Å². The highest BCUT2D eigenvalue weighted by atomic mass is 19.1. The fourth-order valence-electron chi connectivity index (χ4n) is 3.82. The Labute approximate surface area is 211 Å². The van der Waals surface area contributed by atoms with Crippen molar-refractivity contribution in [1.29, 1.82) is 0 Å². The molecule has 1 fully saturated rings. The van der Waals surface area contributed by atoms with Crippen LogP contribution in [0.5, 0.6) is 0 Å². The number of hydrogen-bond acceptors (Lipinski definition) is 8. The molecule has 0 unspecified atom stereocenters. The summed E-state index contributed by atoms with van der Waals surface area (Å²) in [5.41, 5.74) is 1.24. The molecule has 3 aromatic heterocycles. The zero-order chi connectivity index (χ0) is 26.2. The van der Waals surface area contributed by atoms with Gasteiger partial charge in [-0.15, -0.1) is 0 Å². The number of amides is 1. The second-order valence-electron chi connectivity index (χ2n) is 9.67. The monoisotopic (exact) mass is 509 g/mol. The molecule has 0 radical (unpaired) electrons. The lowest BCUT2D eigenvalue weighted by atomic mass is 10.1. The normalized spacial score (nSPS) is 13.9. The van der Waals surface area contributed by atoms with E-state index >= 15 is 0 Å². The maximum absolute atomic E-state index is 14.5. The van der Waals surface area contributed by atoms with Gasteiger partial charge in [0.1, 0.15) is 29.1 Å². The number of rotatable bonds is 6. The van der Waals surface area contributed by atoms with E-state index in [2.05, 4.69) is 25.5 Å². The summed E-state index contributed by atoms with van der Waals surface area (Å²) < 4.78 is 40.7. The maximum Gasteiger partial charge on any atom is 0.410 e. The minimum absolute atomic E-state index is 0.00882. The predicted octanol–water partition coefficient (Wildman–Crippen LogP) is 4.35. The van der Waals surface area contributed by atoms with Crippen LogP contribution in [0.3, 0.4) is 0 Å². The van der Waals surface area contributed by atoms with Crippen LogP contribution in [0.2, 0.25) is 0 Å². The first-order valence-corrected chi connectivity index (χ1v) is 11.7. The number of hydrogen-bond donors (Lipinski definition) is 1. The molecule has 1 N–H and O–H groups in total. The average molecular weight is 510 g/mol. The Morgan fingerprint density at radius 3 is 2.65 bits per heavy atom. The Balaban J connectivity index is 1.36. The van der Waals surface area contributed by atoms with Crippen LogP contribution in [0.25, 0.3) is 22.9 Å². The molecule has 37 heavy (non-hydrogen) atoms. The van der Waals surface area contributed by atoms with Crippen LogP contribution in [-0.2, 0) is 11.3 Å². The van der Waals surface area contributed by atoms with E-state index in [1.165, 1.54) is 17.2 Å². The summed E-state index contributed by atoms with van der Waals surface area (Å²) in [4.78, 5) is 22.1. The minimum Gasteiger partial charge on any atom is -0.444 e. The Hall–Kier alpha value is -4.35. The first kappa shape index (κ1) is 24.3. The number of benzene rings is 1. The van der Waals surface area contributed by atoms with Crippen molar-refractivity contribution in [3.8, 4) is 22.9 Å². The van der Waals surface area contributed by atoms with E-state index in [9.17, 15) is 13.6 Å². The van der Waals surface area contributed by atoms with Crippen molar-refractivity contribution in [2.75, 3.05) is 18.4 Å². The van der Waals surface area contributed by atoms with E-state index in [4.69, 9.17) is 9.26 Å². The first-order chi connectivity index (χ1) is 17.7. The standard InChI is InChI=1S/C25H25F2N7O3/c1-25(2,3)37-24(35)33-13-16(14-33)29-22-18(27)11-28-23(30-22)20-10-21(19-8-9-36-32-19)34(31-20)12-15-6-4-5-7-17(15)26/h4-11,16H,12-14H2,1-3H3,(H,28,29,30). The zero-order valence-electron chi connectivity index (χ0n) is 20.5. The molecule has 0 aliphatic carbocycles. The molecule has 4 aromatic rings. The summed E-state index contributed by atoms with van der Waals surface area (Å²) in [6.07, 6.45) is 2.06. The van der Waals surface area contributed by atoms with Crippen LogP contribution in [0, 0.1) is 11.6 Å². The molecule has 10 nitrogen and oxygen atoms in total. The molecule has 1 aromatic carbocycles. The summed E-state index contributed by atoms with van der Waals surface area (Å²) in [5, 5.41) is 11.5. The second-order valence-corrected chi connectivity index (χ2v) is 9.67. The van der Waals surface area contributed by atoms with Gasteiger partial charge in [-0.25, -0.2) is 23.5 Å². The van der Waals surface area contributed by atoms with Crippen LogP contribution in [0.1, 0.15) is 26.3 Å². The van der Waals surface area contributed by atoms with Crippen molar-refractivity contribution in [2.45, 2.75) is 39.0 Å². The van der Waals surface area contributed by atoms with E-state index < -0.39 is 17.5 Å². The Morgan fingerprint density at radius 1 is 1.16 bits per heavy atom. The van der Waals surface area contributed by atoms with Gasteiger partial charge in [-0.3, -0.25) is 4.68 Å². The number of likely N-dealkylation sites (tertiary alicyclic amines) is 1. The van der Waals surface area contributed by atoms with Gasteiger partial charge in [0.25, 0.3) is 0 Å². The van der Waals surface area contributed by atoms with E-state index in [0.29, 0.717) is 35.7 Å². The predicted molar refractivity (Wildman–Crippen MR) is 129 cm³/mol. The smallest absolute Gasteiger partial charge is 0.410 e. The van der Waals surface area contributed by atoms with E-state index in [1.807, 2.05) is 0 Å². The highest BCUT2D eigenvalue weighted by Crippen LogP contribution is 2.27. The third-order valence-corrected chi connectivity index (χ3v) is 5.61. The molecule has 1 amide bonds. The van der Waals surface area contributed by atoms with Gasteiger partial charge in [0.05, 0.1) is 24.5 Å². The largest absolute Gasteiger partial charge is 0.444 e. The van der Waals surface area contributed by atoms with Crippen molar-refractivity contribution >= 4 is 11.9 Å². The summed E-state index contributed by atoms with van der Waals surface area (Å²) in [6, 6.07) is 9.54. The maximum atomic E-state index is 14.5. The molecular weight excluding hydrogens is 484 g/mol. The average Bonchev–Trinajstić information content (AvgIpc) is 3.47. The summed E-state index contributed by atoms with van der Waals surface area (Å²) in [6.45, 7) is 6.21. The summed E-state index contributed by atoms with van der Waals surface area (Å²) >= 11 is 0. The Bertz CT molecular complexity index is 1410. The molecule has 4 heterocycles. The van der Waals surface area contributed by atoms with Gasteiger partial charge >= 0.3 is 6.09 Å². The summed E-state index contributed by atoms with van der Waals surface area (Å²) in [7, 11) is 0. The molecule has 0 atom stereocenters. The number of nitrogens with one attached hydrogen (secondary N) is 1. The van der Waals surface area contributed by atoms with E-state index in [1.54, 1.807) is 55.8 Å². The molecule has 0 spiro atoms. The van der Waals surface area contributed by atoms with Crippen molar-refractivity contribution < 1.29 is 22.8 Å². The lowest BCUT2D eigenvalue weighted by Crippen LogP contribution is -2.58. The molecule has 1 aliphatic heterocycles. The topological polar surface area (TPSA) is 111 Å². The minimum atomic E-state index is -0.637. The van der Waals surface area contributed by atoms with Gasteiger partial charge < -0.3 is 19.5 Å². The van der Waals surface area contributed by atoms with Gasteiger partial charge in [0.2, 0.25) is 0 Å². The zero-order valence-corrected chi connectivity index (χ0v) is 20.5. The van der Waals surface area contributed by atoms with Gasteiger partial charge in [-0.2, -0.15) is 5.10 Å². The quantitative estimate of drug-likeness (QED) is 0.408. The van der Waals surface area contributed by atoms with Crippen molar-refractivity contribution in [1.82, 2.24) is 29.8 Å². The number of halogens is 2. The lowest BCUT2D eigenvalue weighted by molar-refractivity contribution is 0.0104. The molecule has 1 aliphatic rings. The molecular formula is C25H25F2N7O3. The first-order valence-electron chi connectivity index (χ1n) is 11.7. The number of aromatic nitrogens is 5. The van der Waals surface area contributed by atoms with Crippen LogP contribution < -0.4 is 5.32 Å². The second kappa shape index (κ2) is 9.60. The number of anilines is 1. The van der Waals surface area contributed by atoms with E-state index in [0.717, 1.165) is 6.20 Å². The third kappa shape index (κ3) is 5.42. The highest BCUT2D eigenvalue weighted by Gasteiger charge is 2.34. The molecule has 1 saturated heterocycles. The van der Waals surface area contributed by atoms with Gasteiger partial charge in [0, 0.05) is 24.7 Å². The molecule has 192 valence electrons. The molecule has 0 bridgehead atoms. The van der Waals surface area contributed by atoms with Crippen molar-refractivity contribution in [3.05, 3.63) is 66.1 Å². The van der Waals surface area contributed by atoms with Gasteiger partial charge in [-0.1, -0.05) is 23.4 Å². The number of carbonyl (C=O) groups excluding carboxylic acids is 1. The van der Waals surface area contributed by atoms with Crippen LogP contribution in [-0.4, -0.2) is 60.6 Å². The van der Waals surface area contributed by atoms with Crippen molar-refractivity contribution in [3.63, 3.8) is 0 Å².